The molecule has 0 spiro atoms. The second kappa shape index (κ2) is 9.19. The van der Waals surface area contributed by atoms with Crippen LogP contribution in [0.2, 0.25) is 0 Å². The Morgan fingerprint density at radius 3 is 2.68 bits per heavy atom. The summed E-state index contributed by atoms with van der Waals surface area (Å²) in [5.41, 5.74) is 4.86. The maximum atomic E-state index is 13.6. The summed E-state index contributed by atoms with van der Waals surface area (Å²) in [4.78, 5) is 26.8. The van der Waals surface area contributed by atoms with Crippen LogP contribution in [-0.4, -0.2) is 30.2 Å². The van der Waals surface area contributed by atoms with Gasteiger partial charge in [-0.1, -0.05) is 31.9 Å². The number of hydrazine groups is 1. The molecule has 0 saturated carbocycles. The highest BCUT2D eigenvalue weighted by Crippen LogP contribution is 2.38. The number of carbonyl (C=O) groups excluding carboxylic acids is 2. The first-order valence-electron chi connectivity index (χ1n) is 10.5. The van der Waals surface area contributed by atoms with Crippen molar-refractivity contribution >= 4 is 49.4 Å². The molecular formula is C24H19Br2N3O5. The first-order valence-corrected chi connectivity index (χ1v) is 12.1. The van der Waals surface area contributed by atoms with Gasteiger partial charge in [0.15, 0.2) is 17.7 Å². The molecule has 2 amide bonds. The van der Waals surface area contributed by atoms with Crippen LogP contribution in [0.15, 0.2) is 63.5 Å². The molecule has 5 rings (SSSR count). The van der Waals surface area contributed by atoms with Gasteiger partial charge in [0, 0.05) is 25.8 Å². The summed E-state index contributed by atoms with van der Waals surface area (Å²) in [6, 6.07) is 15.8. The molecule has 1 atom stereocenters. The minimum absolute atomic E-state index is 0.103. The Kier molecular flexibility index (Phi) is 6.09. The Bertz CT molecular complexity index is 1300. The fourth-order valence-corrected chi connectivity index (χ4v) is 4.58. The Balaban J connectivity index is 1.55. The molecular weight excluding hydrogens is 570 g/mol. The van der Waals surface area contributed by atoms with E-state index in [-0.39, 0.29) is 12.7 Å². The zero-order valence-corrected chi connectivity index (χ0v) is 21.1. The van der Waals surface area contributed by atoms with E-state index in [2.05, 4.69) is 42.6 Å². The number of nitrogens with zero attached hydrogens (tertiary/aromatic N) is 1. The molecule has 0 saturated heterocycles. The van der Waals surface area contributed by atoms with E-state index in [1.807, 2.05) is 37.3 Å². The Morgan fingerprint density at radius 2 is 1.85 bits per heavy atom. The second-order valence-electron chi connectivity index (χ2n) is 7.54. The Labute approximate surface area is 212 Å². The lowest BCUT2D eigenvalue weighted by atomic mass is 10.0. The number of hydrogen-bond donors (Lipinski definition) is 2. The minimum Gasteiger partial charge on any atom is -0.493 e. The highest BCUT2D eigenvalue weighted by Gasteiger charge is 2.36. The monoisotopic (exact) mass is 587 g/mol. The predicted octanol–water partition coefficient (Wildman–Crippen LogP) is 5.25. The van der Waals surface area contributed by atoms with Crippen molar-refractivity contribution in [2.24, 2.45) is 0 Å². The van der Waals surface area contributed by atoms with Gasteiger partial charge in [0.05, 0.1) is 12.2 Å². The van der Waals surface area contributed by atoms with Crippen LogP contribution in [-0.2, 0) is 0 Å². The fourth-order valence-electron chi connectivity index (χ4n) is 3.84. The van der Waals surface area contributed by atoms with Crippen LogP contribution in [0.3, 0.4) is 0 Å². The van der Waals surface area contributed by atoms with Crippen LogP contribution in [0.5, 0.6) is 17.2 Å². The summed E-state index contributed by atoms with van der Waals surface area (Å²) < 4.78 is 18.1. The van der Waals surface area contributed by atoms with E-state index in [0.29, 0.717) is 46.2 Å². The quantitative estimate of drug-likeness (QED) is 0.423. The van der Waals surface area contributed by atoms with Gasteiger partial charge in [0.1, 0.15) is 5.75 Å². The molecule has 0 aliphatic carbocycles. The van der Waals surface area contributed by atoms with Gasteiger partial charge in [-0.3, -0.25) is 15.0 Å². The van der Waals surface area contributed by atoms with Gasteiger partial charge in [-0.05, 0) is 61.5 Å². The van der Waals surface area contributed by atoms with Crippen molar-refractivity contribution in [2.75, 3.05) is 18.7 Å². The third-order valence-electron chi connectivity index (χ3n) is 5.40. The molecule has 0 fully saturated rings. The van der Waals surface area contributed by atoms with Gasteiger partial charge < -0.3 is 19.5 Å². The van der Waals surface area contributed by atoms with Crippen molar-refractivity contribution in [3.63, 3.8) is 0 Å². The highest BCUT2D eigenvalue weighted by atomic mass is 79.9. The number of ether oxygens (including phenoxy) is 3. The number of rotatable bonds is 5. The minimum atomic E-state index is -0.724. The summed E-state index contributed by atoms with van der Waals surface area (Å²) in [5, 5.41) is 4.65. The molecule has 0 bridgehead atoms. The number of hydrogen-bond acceptors (Lipinski definition) is 6. The van der Waals surface area contributed by atoms with Crippen LogP contribution in [0, 0.1) is 0 Å². The molecule has 3 aromatic rings. The number of nitrogens with one attached hydrogen (secondary N) is 2. The van der Waals surface area contributed by atoms with E-state index in [9.17, 15) is 9.59 Å². The second-order valence-corrected chi connectivity index (χ2v) is 9.37. The molecule has 3 aromatic carbocycles. The average molecular weight is 589 g/mol. The van der Waals surface area contributed by atoms with Gasteiger partial charge in [0.2, 0.25) is 6.79 Å². The molecule has 10 heteroatoms. The summed E-state index contributed by atoms with van der Waals surface area (Å²) in [5.74, 6) is 0.812. The van der Waals surface area contributed by atoms with E-state index in [1.165, 1.54) is 5.01 Å². The molecule has 0 aromatic heterocycles. The van der Waals surface area contributed by atoms with Crippen LogP contribution in [0.1, 0.15) is 39.4 Å². The van der Waals surface area contributed by atoms with E-state index in [0.717, 1.165) is 8.95 Å². The van der Waals surface area contributed by atoms with Crippen LogP contribution in [0.25, 0.3) is 0 Å². The van der Waals surface area contributed by atoms with Crippen molar-refractivity contribution < 1.29 is 23.8 Å². The van der Waals surface area contributed by atoms with Crippen LogP contribution >= 0.6 is 31.9 Å². The Morgan fingerprint density at radius 1 is 1.09 bits per heavy atom. The summed E-state index contributed by atoms with van der Waals surface area (Å²) in [7, 11) is 0. The third-order valence-corrected chi connectivity index (χ3v) is 6.39. The van der Waals surface area contributed by atoms with Gasteiger partial charge in [-0.15, -0.1) is 0 Å². The SMILES string of the molecule is CCOc1ccc(Br)cc1[C@H]1Nc2ccc(Br)cc2C(=O)N1NC(=O)c1ccc2c(c1)OCO2. The number of fused-ring (bicyclic) bond motifs is 2. The van der Waals surface area contributed by atoms with Gasteiger partial charge in [0.25, 0.3) is 11.8 Å². The zero-order chi connectivity index (χ0) is 23.8. The maximum Gasteiger partial charge on any atom is 0.276 e. The van der Waals surface area contributed by atoms with Gasteiger partial charge >= 0.3 is 0 Å². The molecule has 2 aliphatic heterocycles. The smallest absolute Gasteiger partial charge is 0.276 e. The van der Waals surface area contributed by atoms with E-state index in [1.54, 1.807) is 24.3 Å². The lowest BCUT2D eigenvalue weighted by Crippen LogP contribution is -2.53. The summed E-state index contributed by atoms with van der Waals surface area (Å²) in [6.45, 7) is 2.44. The van der Waals surface area contributed by atoms with Crippen LogP contribution < -0.4 is 25.0 Å². The number of amides is 2. The number of carbonyl (C=O) groups is 2. The summed E-state index contributed by atoms with van der Waals surface area (Å²) >= 11 is 6.92. The molecule has 2 aliphatic rings. The number of anilines is 1. The predicted molar refractivity (Wildman–Crippen MR) is 132 cm³/mol. The lowest BCUT2D eigenvalue weighted by molar-refractivity contribution is 0.0488. The van der Waals surface area contributed by atoms with E-state index < -0.39 is 12.1 Å². The van der Waals surface area contributed by atoms with Crippen LogP contribution in [0.4, 0.5) is 5.69 Å². The van der Waals surface area contributed by atoms with Gasteiger partial charge in [-0.2, -0.15) is 0 Å². The first-order chi connectivity index (χ1) is 16.4. The topological polar surface area (TPSA) is 89.1 Å². The molecule has 34 heavy (non-hydrogen) atoms. The summed E-state index contributed by atoms with van der Waals surface area (Å²) in [6.07, 6.45) is -0.724. The molecule has 174 valence electrons. The fraction of sp³-hybridized carbons (Fsp3) is 0.167. The largest absolute Gasteiger partial charge is 0.493 e. The third kappa shape index (κ3) is 4.19. The molecule has 2 heterocycles. The molecule has 0 unspecified atom stereocenters. The molecule has 2 N–H and O–H groups in total. The standard InChI is InChI=1S/C24H19Br2N3O5/c1-2-32-19-8-5-15(26)11-17(19)22-27-18-6-4-14(25)10-16(18)24(31)29(22)28-23(30)13-3-7-20-21(9-13)34-12-33-20/h3-11,22,27H,2,12H2,1H3,(H,28,30)/t22-/m0/s1. The molecule has 8 nitrogen and oxygen atoms in total. The number of halogens is 2. The normalized spacial score (nSPS) is 16.0. The Hall–Kier alpha value is -3.24. The van der Waals surface area contributed by atoms with Crippen molar-refractivity contribution in [2.45, 2.75) is 13.1 Å². The van der Waals surface area contributed by atoms with Crippen molar-refractivity contribution in [1.82, 2.24) is 10.4 Å². The zero-order valence-electron chi connectivity index (χ0n) is 17.9. The van der Waals surface area contributed by atoms with Gasteiger partial charge in [-0.25, -0.2) is 5.01 Å². The van der Waals surface area contributed by atoms with Crippen molar-refractivity contribution in [1.29, 1.82) is 0 Å². The number of benzene rings is 3. The highest BCUT2D eigenvalue weighted by molar-refractivity contribution is 9.10. The van der Waals surface area contributed by atoms with Crippen molar-refractivity contribution in [3.8, 4) is 17.2 Å². The average Bonchev–Trinajstić information content (AvgIpc) is 3.30. The molecule has 0 radical (unpaired) electrons. The van der Waals surface area contributed by atoms with E-state index >= 15 is 0 Å². The maximum absolute atomic E-state index is 13.6. The van der Waals surface area contributed by atoms with E-state index in [4.69, 9.17) is 14.2 Å². The van der Waals surface area contributed by atoms with Crippen molar-refractivity contribution in [3.05, 3.63) is 80.2 Å². The lowest BCUT2D eigenvalue weighted by Gasteiger charge is -2.38. The first kappa shape index (κ1) is 22.5.